The third-order valence-electron chi connectivity index (χ3n) is 3.87. The normalized spacial score (nSPS) is 39.4. The first-order valence-corrected chi connectivity index (χ1v) is 5.98. The van der Waals surface area contributed by atoms with Crippen LogP contribution in [0, 0.1) is 28.1 Å². The first kappa shape index (κ1) is 12.3. The molecule has 4 heterocycles. The SMILES string of the molecule is COC(=O)C(C#N)(C#N)C1N2CN3CN(C2)CN1C3. The summed E-state index contributed by atoms with van der Waals surface area (Å²) in [5.74, 6) is -0.778. The zero-order chi connectivity index (χ0) is 13.6. The van der Waals surface area contributed by atoms with Crippen LogP contribution in [0.3, 0.4) is 0 Å². The van der Waals surface area contributed by atoms with Gasteiger partial charge in [0, 0.05) is 0 Å². The Morgan fingerprint density at radius 3 is 1.95 bits per heavy atom. The van der Waals surface area contributed by atoms with Crippen molar-refractivity contribution in [3.8, 4) is 12.1 Å². The van der Waals surface area contributed by atoms with Crippen LogP contribution in [0.2, 0.25) is 0 Å². The van der Waals surface area contributed by atoms with Gasteiger partial charge in [-0.15, -0.1) is 0 Å². The predicted molar refractivity (Wildman–Crippen MR) is 61.2 cm³/mol. The van der Waals surface area contributed by atoms with E-state index in [1.807, 2.05) is 21.9 Å². The summed E-state index contributed by atoms with van der Waals surface area (Å²) in [4.78, 5) is 20.3. The lowest BCUT2D eigenvalue weighted by Crippen LogP contribution is -2.79. The van der Waals surface area contributed by atoms with Crippen molar-refractivity contribution in [2.45, 2.75) is 6.17 Å². The van der Waals surface area contributed by atoms with Crippen molar-refractivity contribution in [1.82, 2.24) is 19.6 Å². The average Bonchev–Trinajstić information content (AvgIpc) is 2.41. The highest BCUT2D eigenvalue weighted by Gasteiger charge is 2.59. The number of nitriles is 2. The lowest BCUT2D eigenvalue weighted by molar-refractivity contribution is -0.247. The van der Waals surface area contributed by atoms with Gasteiger partial charge in [-0.3, -0.25) is 19.6 Å². The minimum atomic E-state index is -1.79. The molecule has 0 aromatic rings. The lowest BCUT2D eigenvalue weighted by atomic mass is 9.85. The Balaban J connectivity index is 1.99. The molecule has 19 heavy (non-hydrogen) atoms. The molecule has 0 saturated carbocycles. The highest BCUT2D eigenvalue weighted by atomic mass is 16.5. The molecule has 4 fully saturated rings. The highest BCUT2D eigenvalue weighted by Crippen LogP contribution is 2.37. The van der Waals surface area contributed by atoms with E-state index in [0.29, 0.717) is 26.7 Å². The van der Waals surface area contributed by atoms with Crippen molar-refractivity contribution in [1.29, 1.82) is 10.5 Å². The molecule has 0 amide bonds. The topological polar surface area (TPSA) is 86.8 Å². The van der Waals surface area contributed by atoms with Crippen LogP contribution in [-0.2, 0) is 9.53 Å². The summed E-state index contributed by atoms with van der Waals surface area (Å²) in [5, 5.41) is 18.8. The molecule has 0 aliphatic carbocycles. The first-order valence-electron chi connectivity index (χ1n) is 5.98. The quantitative estimate of drug-likeness (QED) is 0.559. The molecule has 8 nitrogen and oxygen atoms in total. The zero-order valence-corrected chi connectivity index (χ0v) is 10.6. The maximum Gasteiger partial charge on any atom is 0.344 e. The summed E-state index contributed by atoms with van der Waals surface area (Å²) in [5.41, 5.74) is -1.79. The lowest BCUT2D eigenvalue weighted by Gasteiger charge is -2.61. The molecule has 4 aliphatic rings. The van der Waals surface area contributed by atoms with Crippen molar-refractivity contribution in [3.63, 3.8) is 0 Å². The fourth-order valence-electron chi connectivity index (χ4n) is 3.25. The van der Waals surface area contributed by atoms with Gasteiger partial charge in [0.1, 0.15) is 6.17 Å². The summed E-state index contributed by atoms with van der Waals surface area (Å²) < 4.78 is 4.69. The van der Waals surface area contributed by atoms with E-state index in [0.717, 1.165) is 6.67 Å². The van der Waals surface area contributed by atoms with Gasteiger partial charge in [-0.1, -0.05) is 0 Å². The van der Waals surface area contributed by atoms with Gasteiger partial charge < -0.3 is 4.74 Å². The Bertz CT molecular complexity index is 450. The molecule has 4 saturated heterocycles. The van der Waals surface area contributed by atoms with E-state index >= 15 is 0 Å². The second-order valence-electron chi connectivity index (χ2n) is 5.12. The molecule has 4 rings (SSSR count). The molecule has 0 atom stereocenters. The van der Waals surface area contributed by atoms with Gasteiger partial charge in [0.25, 0.3) is 5.41 Å². The van der Waals surface area contributed by atoms with Crippen molar-refractivity contribution in [3.05, 3.63) is 0 Å². The monoisotopic (exact) mass is 262 g/mol. The summed E-state index contributed by atoms with van der Waals surface area (Å²) >= 11 is 0. The van der Waals surface area contributed by atoms with Gasteiger partial charge >= 0.3 is 5.97 Å². The molecule has 0 N–H and O–H groups in total. The summed E-state index contributed by atoms with van der Waals surface area (Å²) in [6, 6.07) is 3.78. The number of rotatable bonds is 2. The average molecular weight is 262 g/mol. The molecule has 4 bridgehead atoms. The molecular weight excluding hydrogens is 248 g/mol. The Kier molecular flexibility index (Phi) is 2.69. The van der Waals surface area contributed by atoms with Gasteiger partial charge in [0.05, 0.1) is 52.6 Å². The molecule has 8 heteroatoms. The van der Waals surface area contributed by atoms with Gasteiger partial charge in [-0.25, -0.2) is 4.79 Å². The zero-order valence-electron chi connectivity index (χ0n) is 10.6. The van der Waals surface area contributed by atoms with E-state index in [-0.39, 0.29) is 0 Å². The van der Waals surface area contributed by atoms with Crippen LogP contribution in [0.1, 0.15) is 0 Å². The predicted octanol–water partition coefficient (Wildman–Crippen LogP) is -1.44. The third kappa shape index (κ3) is 1.55. The van der Waals surface area contributed by atoms with E-state index in [1.165, 1.54) is 7.11 Å². The van der Waals surface area contributed by atoms with Crippen LogP contribution in [0.5, 0.6) is 0 Å². The van der Waals surface area contributed by atoms with E-state index in [1.54, 1.807) is 0 Å². The largest absolute Gasteiger partial charge is 0.467 e. The number of nitrogens with zero attached hydrogens (tertiary/aromatic N) is 6. The Labute approximate surface area is 110 Å². The fourth-order valence-corrected chi connectivity index (χ4v) is 3.25. The Hall–Kier alpha value is -1.71. The third-order valence-corrected chi connectivity index (χ3v) is 3.87. The number of ether oxygens (including phenoxy) is 1. The molecule has 0 radical (unpaired) electrons. The Morgan fingerprint density at radius 1 is 1.11 bits per heavy atom. The number of hydrogen-bond donors (Lipinski definition) is 0. The Morgan fingerprint density at radius 2 is 1.58 bits per heavy atom. The van der Waals surface area contributed by atoms with Crippen LogP contribution < -0.4 is 0 Å². The minimum absolute atomic E-state index is 0.539. The fraction of sp³-hybridized carbons (Fsp3) is 0.727. The van der Waals surface area contributed by atoms with E-state index in [9.17, 15) is 15.3 Å². The summed E-state index contributed by atoms with van der Waals surface area (Å²) in [7, 11) is 1.21. The van der Waals surface area contributed by atoms with E-state index in [2.05, 4.69) is 14.5 Å². The van der Waals surface area contributed by atoms with Crippen LogP contribution in [0.15, 0.2) is 0 Å². The molecule has 4 aliphatic heterocycles. The maximum absolute atomic E-state index is 12.0. The summed E-state index contributed by atoms with van der Waals surface area (Å²) in [6.45, 7) is 3.56. The van der Waals surface area contributed by atoms with Gasteiger partial charge in [0.2, 0.25) is 0 Å². The van der Waals surface area contributed by atoms with Crippen LogP contribution in [-0.4, -0.2) is 72.2 Å². The molecule has 0 aromatic carbocycles. The van der Waals surface area contributed by atoms with Crippen LogP contribution in [0.25, 0.3) is 0 Å². The molecular formula is C11H14N6O2. The van der Waals surface area contributed by atoms with Gasteiger partial charge in [-0.2, -0.15) is 10.5 Å². The van der Waals surface area contributed by atoms with Crippen molar-refractivity contribution in [2.75, 3.05) is 40.5 Å². The minimum Gasteiger partial charge on any atom is -0.467 e. The molecule has 0 aromatic heterocycles. The molecule has 100 valence electrons. The van der Waals surface area contributed by atoms with E-state index in [4.69, 9.17) is 0 Å². The smallest absolute Gasteiger partial charge is 0.344 e. The standard InChI is InChI=1S/C11H14N6O2/c1-19-10(18)11(2-12,3-13)9-16-5-14-4-15(7-16)8-17(9)6-14/h9H,4-8H2,1H3. The highest BCUT2D eigenvalue weighted by molar-refractivity contribution is 5.84. The van der Waals surface area contributed by atoms with Crippen molar-refractivity contribution in [2.24, 2.45) is 5.41 Å². The maximum atomic E-state index is 12.0. The number of methoxy groups -OCH3 is 1. The van der Waals surface area contributed by atoms with E-state index < -0.39 is 17.6 Å². The van der Waals surface area contributed by atoms with Crippen LogP contribution in [0.4, 0.5) is 0 Å². The number of carbonyl (C=O) groups excluding carboxylic acids is 1. The number of esters is 1. The second kappa shape index (κ2) is 4.15. The molecule has 0 unspecified atom stereocenters. The first-order chi connectivity index (χ1) is 9.14. The van der Waals surface area contributed by atoms with Crippen molar-refractivity contribution < 1.29 is 9.53 Å². The van der Waals surface area contributed by atoms with Gasteiger partial charge in [0.15, 0.2) is 0 Å². The molecule has 0 spiro atoms. The number of carbonyl (C=O) groups is 1. The van der Waals surface area contributed by atoms with Gasteiger partial charge in [-0.05, 0) is 0 Å². The number of hydrogen-bond acceptors (Lipinski definition) is 8. The van der Waals surface area contributed by atoms with Crippen LogP contribution >= 0.6 is 0 Å². The second-order valence-corrected chi connectivity index (χ2v) is 5.12. The summed E-state index contributed by atoms with van der Waals surface area (Å²) in [6.07, 6.45) is -0.539. The van der Waals surface area contributed by atoms with Crippen molar-refractivity contribution >= 4 is 5.97 Å².